The summed E-state index contributed by atoms with van der Waals surface area (Å²) in [6, 6.07) is 8.50. The van der Waals surface area contributed by atoms with Gasteiger partial charge in [0.1, 0.15) is 12.4 Å². The van der Waals surface area contributed by atoms with E-state index in [4.69, 9.17) is 0 Å². The molecule has 0 fully saturated rings. The standard InChI is InChI=1S/C11H9NO3/c13-7-15-6-9-2-1-8-5-10(14)3-4-11(8)12-9/h1-5,7,14H,6H2. The van der Waals surface area contributed by atoms with E-state index in [1.165, 1.54) is 0 Å². The van der Waals surface area contributed by atoms with Gasteiger partial charge in [0.15, 0.2) is 0 Å². The molecule has 76 valence electrons. The molecule has 0 radical (unpaired) electrons. The second kappa shape index (κ2) is 3.96. The van der Waals surface area contributed by atoms with Crippen LogP contribution >= 0.6 is 0 Å². The van der Waals surface area contributed by atoms with Crippen LogP contribution in [0.3, 0.4) is 0 Å². The van der Waals surface area contributed by atoms with Crippen molar-refractivity contribution in [3.05, 3.63) is 36.0 Å². The van der Waals surface area contributed by atoms with Gasteiger partial charge in [-0.05, 0) is 24.3 Å². The van der Waals surface area contributed by atoms with Crippen molar-refractivity contribution in [1.29, 1.82) is 0 Å². The summed E-state index contributed by atoms with van der Waals surface area (Å²) in [5.41, 5.74) is 1.44. The molecule has 0 saturated carbocycles. The van der Waals surface area contributed by atoms with Gasteiger partial charge in [0.05, 0.1) is 11.2 Å². The second-order valence-electron chi connectivity index (χ2n) is 3.09. The zero-order valence-electron chi connectivity index (χ0n) is 7.88. The number of carbonyl (C=O) groups is 1. The van der Waals surface area contributed by atoms with E-state index in [0.29, 0.717) is 12.2 Å². The lowest BCUT2D eigenvalue weighted by atomic mass is 10.2. The van der Waals surface area contributed by atoms with E-state index in [1.54, 1.807) is 24.3 Å². The lowest BCUT2D eigenvalue weighted by molar-refractivity contribution is -0.129. The molecule has 0 amide bonds. The minimum Gasteiger partial charge on any atom is -0.508 e. The van der Waals surface area contributed by atoms with Gasteiger partial charge < -0.3 is 9.84 Å². The molecular formula is C11H9NO3. The van der Waals surface area contributed by atoms with Crippen molar-refractivity contribution in [2.24, 2.45) is 0 Å². The van der Waals surface area contributed by atoms with Gasteiger partial charge in [0, 0.05) is 5.39 Å². The maximum absolute atomic E-state index is 10.0. The highest BCUT2D eigenvalue weighted by Crippen LogP contribution is 2.18. The molecule has 1 heterocycles. The van der Waals surface area contributed by atoms with Crippen LogP contribution in [0.2, 0.25) is 0 Å². The van der Waals surface area contributed by atoms with Crippen LogP contribution in [-0.2, 0) is 16.1 Å². The number of ether oxygens (including phenoxy) is 1. The number of phenolic OH excluding ortho intramolecular Hbond substituents is 1. The van der Waals surface area contributed by atoms with Crippen LogP contribution in [0.25, 0.3) is 10.9 Å². The number of pyridine rings is 1. The van der Waals surface area contributed by atoms with Gasteiger partial charge in [0.25, 0.3) is 6.47 Å². The van der Waals surface area contributed by atoms with E-state index in [-0.39, 0.29) is 12.4 Å². The van der Waals surface area contributed by atoms with Gasteiger partial charge in [-0.25, -0.2) is 4.98 Å². The van der Waals surface area contributed by atoms with E-state index in [0.717, 1.165) is 10.9 Å². The van der Waals surface area contributed by atoms with Crippen LogP contribution in [0.15, 0.2) is 30.3 Å². The minimum atomic E-state index is 0.167. The number of hydrogen-bond donors (Lipinski definition) is 1. The Morgan fingerprint density at radius 2 is 2.20 bits per heavy atom. The highest BCUT2D eigenvalue weighted by molar-refractivity contribution is 5.80. The normalized spacial score (nSPS) is 10.1. The third-order valence-corrected chi connectivity index (χ3v) is 2.03. The highest BCUT2D eigenvalue weighted by Gasteiger charge is 1.99. The Balaban J connectivity index is 2.38. The van der Waals surface area contributed by atoms with E-state index >= 15 is 0 Å². The molecule has 4 nitrogen and oxygen atoms in total. The molecule has 15 heavy (non-hydrogen) atoms. The summed E-state index contributed by atoms with van der Waals surface area (Å²) >= 11 is 0. The van der Waals surface area contributed by atoms with Crippen LogP contribution in [0, 0.1) is 0 Å². The molecule has 0 bridgehead atoms. The van der Waals surface area contributed by atoms with Crippen molar-refractivity contribution in [3.63, 3.8) is 0 Å². The first-order chi connectivity index (χ1) is 7.29. The molecule has 1 aromatic carbocycles. The van der Waals surface area contributed by atoms with Crippen LogP contribution in [0.4, 0.5) is 0 Å². The predicted octanol–water partition coefficient (Wildman–Crippen LogP) is 1.61. The topological polar surface area (TPSA) is 59.4 Å². The third kappa shape index (κ3) is 2.04. The molecule has 1 N–H and O–H groups in total. The number of benzene rings is 1. The molecule has 2 rings (SSSR count). The average Bonchev–Trinajstić information content (AvgIpc) is 2.26. The molecule has 0 aliphatic carbocycles. The molecule has 0 atom stereocenters. The zero-order chi connectivity index (χ0) is 10.7. The van der Waals surface area contributed by atoms with Crippen molar-refractivity contribution < 1.29 is 14.6 Å². The summed E-state index contributed by atoms with van der Waals surface area (Å²) in [6.07, 6.45) is 0. The summed E-state index contributed by atoms with van der Waals surface area (Å²) in [6.45, 7) is 0.559. The van der Waals surface area contributed by atoms with Gasteiger partial charge in [-0.3, -0.25) is 4.79 Å². The number of nitrogens with zero attached hydrogens (tertiary/aromatic N) is 1. The molecule has 0 unspecified atom stereocenters. The van der Waals surface area contributed by atoms with Crippen molar-refractivity contribution in [2.75, 3.05) is 0 Å². The van der Waals surface area contributed by atoms with Crippen molar-refractivity contribution in [1.82, 2.24) is 4.98 Å². The monoisotopic (exact) mass is 203 g/mol. The van der Waals surface area contributed by atoms with E-state index in [1.807, 2.05) is 6.07 Å². The van der Waals surface area contributed by atoms with E-state index < -0.39 is 0 Å². The van der Waals surface area contributed by atoms with E-state index in [2.05, 4.69) is 9.72 Å². The fourth-order valence-electron chi connectivity index (χ4n) is 1.35. The number of rotatable bonds is 3. The molecule has 0 aliphatic rings. The molecule has 1 aromatic heterocycles. The maximum Gasteiger partial charge on any atom is 0.293 e. The Labute approximate surface area is 86.1 Å². The van der Waals surface area contributed by atoms with Crippen LogP contribution in [0.1, 0.15) is 5.69 Å². The zero-order valence-corrected chi connectivity index (χ0v) is 7.88. The van der Waals surface area contributed by atoms with Crippen molar-refractivity contribution in [3.8, 4) is 5.75 Å². The molecule has 4 heteroatoms. The minimum absolute atomic E-state index is 0.167. The molecule has 2 aromatic rings. The summed E-state index contributed by atoms with van der Waals surface area (Å²) < 4.78 is 4.60. The largest absolute Gasteiger partial charge is 0.508 e. The summed E-state index contributed by atoms with van der Waals surface area (Å²) in [5.74, 6) is 0.209. The number of hydrogen-bond acceptors (Lipinski definition) is 4. The second-order valence-corrected chi connectivity index (χ2v) is 3.09. The first-order valence-electron chi connectivity index (χ1n) is 4.43. The average molecular weight is 203 g/mol. The smallest absolute Gasteiger partial charge is 0.293 e. The first kappa shape index (κ1) is 9.45. The predicted molar refractivity (Wildman–Crippen MR) is 54.3 cm³/mol. The maximum atomic E-state index is 10.0. The summed E-state index contributed by atoms with van der Waals surface area (Å²) in [7, 11) is 0. The third-order valence-electron chi connectivity index (χ3n) is 2.03. The van der Waals surface area contributed by atoms with Crippen molar-refractivity contribution in [2.45, 2.75) is 6.61 Å². The summed E-state index contributed by atoms with van der Waals surface area (Å²) in [4.78, 5) is 14.3. The van der Waals surface area contributed by atoms with Crippen molar-refractivity contribution >= 4 is 17.4 Å². The molecular weight excluding hydrogens is 194 g/mol. The number of carbonyl (C=O) groups excluding carboxylic acids is 1. The van der Waals surface area contributed by atoms with Gasteiger partial charge >= 0.3 is 0 Å². The van der Waals surface area contributed by atoms with Gasteiger partial charge in [-0.1, -0.05) is 6.07 Å². The Kier molecular flexibility index (Phi) is 2.49. The first-order valence-corrected chi connectivity index (χ1v) is 4.43. The quantitative estimate of drug-likeness (QED) is 0.770. The lowest BCUT2D eigenvalue weighted by Crippen LogP contribution is -1.93. The SMILES string of the molecule is O=COCc1ccc2cc(O)ccc2n1. The Morgan fingerprint density at radius 3 is 3.00 bits per heavy atom. The van der Waals surface area contributed by atoms with Crippen LogP contribution in [-0.4, -0.2) is 16.6 Å². The Hall–Kier alpha value is -2.10. The number of phenols is 1. The number of fused-ring (bicyclic) bond motifs is 1. The van der Waals surface area contributed by atoms with E-state index in [9.17, 15) is 9.90 Å². The van der Waals surface area contributed by atoms with Gasteiger partial charge in [0.2, 0.25) is 0 Å². The van der Waals surface area contributed by atoms with Gasteiger partial charge in [-0.2, -0.15) is 0 Å². The highest BCUT2D eigenvalue weighted by atomic mass is 16.5. The fraction of sp³-hybridized carbons (Fsp3) is 0.0909. The number of aromatic hydroxyl groups is 1. The molecule has 0 spiro atoms. The fourth-order valence-corrected chi connectivity index (χ4v) is 1.35. The Bertz CT molecular complexity index is 496. The lowest BCUT2D eigenvalue weighted by Gasteiger charge is -2.02. The Morgan fingerprint density at radius 1 is 1.33 bits per heavy atom. The molecule has 0 saturated heterocycles. The summed E-state index contributed by atoms with van der Waals surface area (Å²) in [5, 5.41) is 10.1. The van der Waals surface area contributed by atoms with Crippen LogP contribution in [0.5, 0.6) is 5.75 Å². The molecule has 0 aliphatic heterocycles. The van der Waals surface area contributed by atoms with Crippen LogP contribution < -0.4 is 0 Å². The van der Waals surface area contributed by atoms with Gasteiger partial charge in [-0.15, -0.1) is 0 Å². The number of aromatic nitrogens is 1.